The molecule has 0 saturated heterocycles. The Kier molecular flexibility index (Phi) is 5.75. The molecule has 0 saturated carbocycles. The van der Waals surface area contributed by atoms with Crippen molar-refractivity contribution in [1.29, 1.82) is 0 Å². The van der Waals surface area contributed by atoms with Gasteiger partial charge in [0.25, 0.3) is 0 Å². The molecule has 3 heterocycles. The number of carbonyl (C=O) groups is 1. The zero-order valence-electron chi connectivity index (χ0n) is 16.4. The number of hydrogen-bond donors (Lipinski definition) is 1. The quantitative estimate of drug-likeness (QED) is 0.668. The minimum atomic E-state index is -0.175. The highest BCUT2D eigenvalue weighted by atomic mass is 32.1. The van der Waals surface area contributed by atoms with E-state index in [0.717, 1.165) is 28.4 Å². The van der Waals surface area contributed by atoms with Crippen molar-refractivity contribution in [2.45, 2.75) is 32.9 Å². The summed E-state index contributed by atoms with van der Waals surface area (Å²) in [6.07, 6.45) is 0.854. The van der Waals surface area contributed by atoms with E-state index in [9.17, 15) is 4.79 Å². The van der Waals surface area contributed by atoms with Crippen molar-refractivity contribution in [2.75, 3.05) is 13.2 Å². The Bertz CT molecular complexity index is 970. The van der Waals surface area contributed by atoms with E-state index in [0.29, 0.717) is 19.0 Å². The predicted molar refractivity (Wildman–Crippen MR) is 109 cm³/mol. The highest BCUT2D eigenvalue weighted by Crippen LogP contribution is 2.34. The summed E-state index contributed by atoms with van der Waals surface area (Å²) in [7, 11) is 0. The molecule has 0 bridgehead atoms. The summed E-state index contributed by atoms with van der Waals surface area (Å²) >= 11 is 1.53. The molecule has 4 rings (SSSR count). The molecule has 1 aliphatic rings. The van der Waals surface area contributed by atoms with Crippen molar-refractivity contribution < 1.29 is 14.3 Å². The van der Waals surface area contributed by atoms with Crippen LogP contribution in [0, 0.1) is 5.92 Å². The van der Waals surface area contributed by atoms with Crippen LogP contribution >= 0.6 is 11.3 Å². The van der Waals surface area contributed by atoms with E-state index in [1.54, 1.807) is 0 Å². The van der Waals surface area contributed by atoms with Gasteiger partial charge in [0.1, 0.15) is 6.54 Å². The van der Waals surface area contributed by atoms with E-state index in [-0.39, 0.29) is 24.4 Å². The first kappa shape index (κ1) is 19.4. The van der Waals surface area contributed by atoms with Gasteiger partial charge in [0, 0.05) is 6.42 Å². The number of tetrazole rings is 1. The molecular formula is C20H23N5O3S. The molecule has 1 atom stereocenters. The molecule has 1 aliphatic heterocycles. The molecule has 0 radical (unpaired) electrons. The average Bonchev–Trinajstić information content (AvgIpc) is 3.33. The van der Waals surface area contributed by atoms with Gasteiger partial charge in [-0.25, -0.2) is 0 Å². The van der Waals surface area contributed by atoms with Gasteiger partial charge >= 0.3 is 0 Å². The largest absolute Gasteiger partial charge is 0.490 e. The molecule has 0 spiro atoms. The summed E-state index contributed by atoms with van der Waals surface area (Å²) in [6, 6.07) is 9.51. The number of hydrogen-bond acceptors (Lipinski definition) is 7. The summed E-state index contributed by atoms with van der Waals surface area (Å²) in [4.78, 5) is 14.9. The van der Waals surface area contributed by atoms with Crippen molar-refractivity contribution in [3.8, 4) is 22.2 Å². The first-order chi connectivity index (χ1) is 14.1. The van der Waals surface area contributed by atoms with Crippen molar-refractivity contribution in [3.63, 3.8) is 0 Å². The van der Waals surface area contributed by atoms with Crippen LogP contribution in [0.2, 0.25) is 0 Å². The number of aromatic nitrogens is 4. The fourth-order valence-corrected chi connectivity index (χ4v) is 3.82. The normalized spacial score (nSPS) is 14.4. The number of rotatable bonds is 6. The Hall–Kier alpha value is -2.94. The van der Waals surface area contributed by atoms with Gasteiger partial charge < -0.3 is 14.8 Å². The van der Waals surface area contributed by atoms with Crippen LogP contribution in [0.5, 0.6) is 11.5 Å². The Balaban J connectivity index is 1.46. The first-order valence-corrected chi connectivity index (χ1v) is 10.5. The number of amides is 1. The zero-order chi connectivity index (χ0) is 20.2. The van der Waals surface area contributed by atoms with Crippen LogP contribution in [0.3, 0.4) is 0 Å². The number of fused-ring (bicyclic) bond motifs is 1. The number of carbonyl (C=O) groups excluding carboxylic acids is 1. The van der Waals surface area contributed by atoms with Gasteiger partial charge in [0.2, 0.25) is 11.7 Å². The van der Waals surface area contributed by atoms with Crippen molar-refractivity contribution in [2.24, 2.45) is 5.92 Å². The van der Waals surface area contributed by atoms with Gasteiger partial charge in [0.05, 0.1) is 24.1 Å². The fraction of sp³-hybridized carbons (Fsp3) is 0.400. The maximum atomic E-state index is 12.6. The van der Waals surface area contributed by atoms with Crippen LogP contribution in [-0.4, -0.2) is 39.3 Å². The Morgan fingerprint density at radius 2 is 2.07 bits per heavy atom. The van der Waals surface area contributed by atoms with Crippen LogP contribution in [0.4, 0.5) is 0 Å². The second-order valence-corrected chi connectivity index (χ2v) is 8.11. The fourth-order valence-electron chi connectivity index (χ4n) is 3.17. The molecule has 3 aromatic rings. The topological polar surface area (TPSA) is 91.2 Å². The maximum absolute atomic E-state index is 12.6. The third-order valence-corrected chi connectivity index (χ3v) is 5.46. The molecule has 8 nitrogen and oxygen atoms in total. The van der Waals surface area contributed by atoms with Crippen LogP contribution in [0.15, 0.2) is 35.7 Å². The average molecular weight is 414 g/mol. The van der Waals surface area contributed by atoms with Gasteiger partial charge in [-0.2, -0.15) is 4.80 Å². The Morgan fingerprint density at radius 3 is 2.83 bits per heavy atom. The predicted octanol–water partition coefficient (Wildman–Crippen LogP) is 3.08. The SMILES string of the molecule is CC(C)[C@H](NC(=O)Cn1nnc(-c2cccs2)n1)c1ccc2c(c1)OCCCO2. The minimum absolute atomic E-state index is 0.00610. The third kappa shape index (κ3) is 4.56. The summed E-state index contributed by atoms with van der Waals surface area (Å²) in [5, 5.41) is 17.3. The van der Waals surface area contributed by atoms with Gasteiger partial charge in [-0.3, -0.25) is 4.79 Å². The van der Waals surface area contributed by atoms with Crippen LogP contribution < -0.4 is 14.8 Å². The van der Waals surface area contributed by atoms with Crippen molar-refractivity contribution in [3.05, 3.63) is 41.3 Å². The second-order valence-electron chi connectivity index (χ2n) is 7.17. The Morgan fingerprint density at radius 1 is 1.24 bits per heavy atom. The highest BCUT2D eigenvalue weighted by Gasteiger charge is 2.22. The van der Waals surface area contributed by atoms with Gasteiger partial charge in [0.15, 0.2) is 11.5 Å². The number of thiophene rings is 1. The summed E-state index contributed by atoms with van der Waals surface area (Å²) in [5.41, 5.74) is 0.975. The second kappa shape index (κ2) is 8.60. The lowest BCUT2D eigenvalue weighted by Gasteiger charge is -2.23. The molecule has 0 fully saturated rings. The smallest absolute Gasteiger partial charge is 0.244 e. The zero-order valence-corrected chi connectivity index (χ0v) is 17.2. The molecule has 29 heavy (non-hydrogen) atoms. The lowest BCUT2D eigenvalue weighted by atomic mass is 9.95. The minimum Gasteiger partial charge on any atom is -0.490 e. The third-order valence-electron chi connectivity index (χ3n) is 4.59. The van der Waals surface area contributed by atoms with E-state index >= 15 is 0 Å². The highest BCUT2D eigenvalue weighted by molar-refractivity contribution is 7.13. The lowest BCUT2D eigenvalue weighted by molar-refractivity contribution is -0.123. The van der Waals surface area contributed by atoms with E-state index in [4.69, 9.17) is 9.47 Å². The molecule has 9 heteroatoms. The number of benzene rings is 1. The van der Waals surface area contributed by atoms with Crippen LogP contribution in [-0.2, 0) is 11.3 Å². The van der Waals surface area contributed by atoms with Gasteiger partial charge in [-0.05, 0) is 40.3 Å². The molecule has 0 unspecified atom stereocenters. The van der Waals surface area contributed by atoms with Crippen molar-refractivity contribution in [1.82, 2.24) is 25.5 Å². The van der Waals surface area contributed by atoms with E-state index in [1.165, 1.54) is 16.1 Å². The maximum Gasteiger partial charge on any atom is 0.244 e. The van der Waals surface area contributed by atoms with Crippen LogP contribution in [0.1, 0.15) is 31.9 Å². The molecule has 2 aromatic heterocycles. The molecule has 1 aromatic carbocycles. The van der Waals surface area contributed by atoms with E-state index in [2.05, 4.69) is 34.6 Å². The Labute approximate surface area is 172 Å². The molecule has 152 valence electrons. The molecule has 1 N–H and O–H groups in total. The molecule has 0 aliphatic carbocycles. The van der Waals surface area contributed by atoms with Crippen molar-refractivity contribution >= 4 is 17.2 Å². The summed E-state index contributed by atoms with van der Waals surface area (Å²) in [5.74, 6) is 2.00. The first-order valence-electron chi connectivity index (χ1n) is 9.61. The van der Waals surface area contributed by atoms with Gasteiger partial charge in [-0.15, -0.1) is 21.5 Å². The summed E-state index contributed by atoms with van der Waals surface area (Å²) < 4.78 is 11.5. The lowest BCUT2D eigenvalue weighted by Crippen LogP contribution is -2.34. The summed E-state index contributed by atoms with van der Waals surface area (Å²) in [6.45, 7) is 5.41. The van der Waals surface area contributed by atoms with Crippen LogP contribution in [0.25, 0.3) is 10.7 Å². The van der Waals surface area contributed by atoms with E-state index in [1.807, 2.05) is 35.7 Å². The number of nitrogens with zero attached hydrogens (tertiary/aromatic N) is 4. The monoisotopic (exact) mass is 413 g/mol. The van der Waals surface area contributed by atoms with Gasteiger partial charge in [-0.1, -0.05) is 26.0 Å². The molecular weight excluding hydrogens is 390 g/mol. The standard InChI is InChI=1S/C20H23N5O3S/c1-13(2)19(14-6-7-15-16(11-14)28-9-4-8-27-15)21-18(26)12-25-23-20(22-24-25)17-5-3-10-29-17/h3,5-7,10-11,13,19H,4,8-9,12H2,1-2H3,(H,21,26)/t19-/m0/s1. The number of nitrogens with one attached hydrogen (secondary N) is 1. The van der Waals surface area contributed by atoms with E-state index < -0.39 is 0 Å². The molecule has 1 amide bonds. The number of ether oxygens (including phenoxy) is 2.